The molecule has 2 saturated heterocycles. The van der Waals surface area contributed by atoms with Crippen LogP contribution in [0.1, 0.15) is 41.4 Å². The molecule has 4 aromatic rings. The number of pyridine rings is 1. The SMILES string of the molecule is COc1nc(-c2cccc(-c3cccc(NC(=O)c4nc5c(n4C)CCN(C)C5)c3Cl)c2Cl)ccc1CN1CC2(C1)CN(C(=O)C(C)C)C2. The van der Waals surface area contributed by atoms with Crippen LogP contribution >= 0.6 is 23.2 Å². The summed E-state index contributed by atoms with van der Waals surface area (Å²) in [5.41, 5.74) is 6.53. The van der Waals surface area contributed by atoms with Gasteiger partial charge >= 0.3 is 0 Å². The molecule has 0 aliphatic carbocycles. The lowest BCUT2D eigenvalue weighted by atomic mass is 9.72. The lowest BCUT2D eigenvalue weighted by Crippen LogP contribution is -2.72. The summed E-state index contributed by atoms with van der Waals surface area (Å²) < 4.78 is 7.62. The van der Waals surface area contributed by atoms with Crippen molar-refractivity contribution >= 4 is 40.7 Å². The first-order valence-corrected chi connectivity index (χ1v) is 17.4. The second-order valence-corrected chi connectivity index (χ2v) is 14.8. The molecule has 2 amide bonds. The summed E-state index contributed by atoms with van der Waals surface area (Å²) in [7, 11) is 5.56. The Labute approximate surface area is 297 Å². The molecule has 1 N–H and O–H groups in total. The number of halogens is 2. The van der Waals surface area contributed by atoms with Crippen LogP contribution in [0.15, 0.2) is 48.5 Å². The molecule has 3 aliphatic rings. The summed E-state index contributed by atoms with van der Waals surface area (Å²) in [6.45, 7) is 9.85. The number of ether oxygens (including phenoxy) is 1. The van der Waals surface area contributed by atoms with E-state index in [0.29, 0.717) is 45.2 Å². The second-order valence-electron chi connectivity index (χ2n) is 14.0. The largest absolute Gasteiger partial charge is 0.481 e. The van der Waals surface area contributed by atoms with Gasteiger partial charge in [-0.25, -0.2) is 9.97 Å². The number of nitrogens with one attached hydrogen (secondary N) is 1. The summed E-state index contributed by atoms with van der Waals surface area (Å²) in [4.78, 5) is 41.7. The van der Waals surface area contributed by atoms with Crippen LogP contribution in [0.2, 0.25) is 10.0 Å². The van der Waals surface area contributed by atoms with E-state index < -0.39 is 0 Å². The third-order valence-corrected chi connectivity index (χ3v) is 10.8. The Morgan fingerprint density at radius 1 is 0.939 bits per heavy atom. The smallest absolute Gasteiger partial charge is 0.291 e. The number of aromatic nitrogens is 3. The normalized spacial score (nSPS) is 17.1. The number of amides is 2. The Kier molecular flexibility index (Phi) is 8.94. The van der Waals surface area contributed by atoms with Crippen molar-refractivity contribution in [2.45, 2.75) is 33.4 Å². The number of anilines is 1. The average molecular weight is 703 g/mol. The Hall–Kier alpha value is -3.96. The highest BCUT2D eigenvalue weighted by atomic mass is 35.5. The lowest BCUT2D eigenvalue weighted by Gasteiger charge is -2.60. The molecule has 12 heteroatoms. The van der Waals surface area contributed by atoms with Gasteiger partial charge in [0.1, 0.15) is 0 Å². The number of likely N-dealkylation sites (tertiary alicyclic amines) is 2. The van der Waals surface area contributed by atoms with Crippen LogP contribution in [0.25, 0.3) is 22.4 Å². The molecule has 10 nitrogen and oxygen atoms in total. The van der Waals surface area contributed by atoms with Gasteiger partial charge in [-0.1, -0.05) is 73.4 Å². The van der Waals surface area contributed by atoms with Gasteiger partial charge < -0.3 is 24.4 Å². The molecule has 0 saturated carbocycles. The van der Waals surface area contributed by atoms with Gasteiger partial charge in [-0.15, -0.1) is 0 Å². The number of carbonyl (C=O) groups is 2. The molecule has 0 bridgehead atoms. The van der Waals surface area contributed by atoms with Crippen LogP contribution < -0.4 is 10.1 Å². The third-order valence-electron chi connectivity index (χ3n) is 9.96. The Bertz CT molecular complexity index is 1940. The number of carbonyl (C=O) groups excluding carboxylic acids is 2. The van der Waals surface area contributed by atoms with Crippen molar-refractivity contribution in [2.75, 3.05) is 52.2 Å². The maximum Gasteiger partial charge on any atom is 0.291 e. The van der Waals surface area contributed by atoms with Gasteiger partial charge in [-0.2, -0.15) is 0 Å². The number of fused-ring (bicyclic) bond motifs is 1. The van der Waals surface area contributed by atoms with Gasteiger partial charge in [-0.05, 0) is 19.2 Å². The van der Waals surface area contributed by atoms with E-state index in [0.717, 1.165) is 73.8 Å². The predicted molar refractivity (Wildman–Crippen MR) is 192 cm³/mol. The van der Waals surface area contributed by atoms with Crippen LogP contribution in [0, 0.1) is 11.3 Å². The van der Waals surface area contributed by atoms with Gasteiger partial charge in [0, 0.05) is 98.6 Å². The van der Waals surface area contributed by atoms with Crippen molar-refractivity contribution in [3.63, 3.8) is 0 Å². The molecule has 0 atom stereocenters. The van der Waals surface area contributed by atoms with E-state index in [1.807, 2.05) is 72.8 Å². The third kappa shape index (κ3) is 6.20. The van der Waals surface area contributed by atoms with Crippen LogP contribution in [0.3, 0.4) is 0 Å². The molecule has 49 heavy (non-hydrogen) atoms. The minimum absolute atomic E-state index is 0.0391. The topological polar surface area (TPSA) is 95.8 Å². The van der Waals surface area contributed by atoms with Crippen LogP contribution in [0.5, 0.6) is 5.88 Å². The number of hydrogen-bond acceptors (Lipinski definition) is 7. The fourth-order valence-electron chi connectivity index (χ4n) is 7.47. The van der Waals surface area contributed by atoms with Crippen molar-refractivity contribution in [3.8, 4) is 28.3 Å². The van der Waals surface area contributed by atoms with Crippen molar-refractivity contribution in [1.82, 2.24) is 29.2 Å². The van der Waals surface area contributed by atoms with E-state index in [1.54, 1.807) is 13.2 Å². The number of hydrogen-bond donors (Lipinski definition) is 1. The fourth-order valence-corrected chi connectivity index (χ4v) is 8.07. The molecule has 1 spiro atoms. The number of imidazole rings is 1. The molecule has 3 aliphatic heterocycles. The molecule has 7 rings (SSSR count). The Morgan fingerprint density at radius 3 is 2.35 bits per heavy atom. The van der Waals surface area contributed by atoms with E-state index in [1.165, 1.54) is 0 Å². The lowest BCUT2D eigenvalue weighted by molar-refractivity contribution is -0.163. The summed E-state index contributed by atoms with van der Waals surface area (Å²) >= 11 is 14.0. The summed E-state index contributed by atoms with van der Waals surface area (Å²) in [5.74, 6) is 0.861. The number of likely N-dealkylation sites (N-methyl/N-ethyl adjacent to an activating group) is 1. The number of benzene rings is 2. The highest BCUT2D eigenvalue weighted by molar-refractivity contribution is 6.39. The first kappa shape index (κ1) is 33.5. The van der Waals surface area contributed by atoms with Crippen LogP contribution in [-0.2, 0) is 31.4 Å². The monoisotopic (exact) mass is 701 g/mol. The predicted octanol–water partition coefficient (Wildman–Crippen LogP) is 6.00. The zero-order valence-electron chi connectivity index (χ0n) is 28.5. The maximum atomic E-state index is 13.4. The van der Waals surface area contributed by atoms with Crippen LogP contribution in [-0.4, -0.2) is 87.9 Å². The second kappa shape index (κ2) is 13.1. The zero-order valence-corrected chi connectivity index (χ0v) is 30.0. The number of methoxy groups -OCH3 is 1. The van der Waals surface area contributed by atoms with E-state index in [4.69, 9.17) is 32.9 Å². The van der Waals surface area contributed by atoms with Crippen LogP contribution in [0.4, 0.5) is 5.69 Å². The molecule has 0 unspecified atom stereocenters. The van der Waals surface area contributed by atoms with Gasteiger partial charge in [0.05, 0.1) is 34.2 Å². The highest BCUT2D eigenvalue weighted by Gasteiger charge is 2.53. The van der Waals surface area contributed by atoms with Crippen molar-refractivity contribution in [2.24, 2.45) is 18.4 Å². The molecule has 2 fully saturated rings. The molecule has 256 valence electrons. The van der Waals surface area contributed by atoms with E-state index >= 15 is 0 Å². The molecule has 2 aromatic heterocycles. The molecular weight excluding hydrogens is 661 g/mol. The average Bonchev–Trinajstić information content (AvgIpc) is 3.37. The van der Waals surface area contributed by atoms with Gasteiger partial charge in [0.2, 0.25) is 11.8 Å². The first-order valence-electron chi connectivity index (χ1n) is 16.6. The number of nitrogens with zero attached hydrogens (tertiary/aromatic N) is 6. The Morgan fingerprint density at radius 2 is 1.63 bits per heavy atom. The van der Waals surface area contributed by atoms with E-state index in [-0.39, 0.29) is 23.1 Å². The number of rotatable bonds is 8. The van der Waals surface area contributed by atoms with Gasteiger partial charge in [0.15, 0.2) is 5.82 Å². The molecule has 0 radical (unpaired) electrons. The Balaban J connectivity index is 1.07. The minimum Gasteiger partial charge on any atom is -0.481 e. The zero-order chi connectivity index (χ0) is 34.6. The quantitative estimate of drug-likeness (QED) is 0.241. The van der Waals surface area contributed by atoms with Gasteiger partial charge in [0.25, 0.3) is 5.91 Å². The maximum absolute atomic E-state index is 13.4. The van der Waals surface area contributed by atoms with Crippen molar-refractivity contribution in [1.29, 1.82) is 0 Å². The first-order chi connectivity index (χ1) is 23.5. The van der Waals surface area contributed by atoms with Crippen molar-refractivity contribution < 1.29 is 14.3 Å². The minimum atomic E-state index is -0.320. The fraction of sp³-hybridized carbons (Fsp3) is 0.405. The summed E-state index contributed by atoms with van der Waals surface area (Å²) in [6.07, 6.45) is 0.845. The molecule has 5 heterocycles. The van der Waals surface area contributed by atoms with Crippen molar-refractivity contribution in [3.05, 3.63) is 81.4 Å². The highest BCUT2D eigenvalue weighted by Crippen LogP contribution is 2.43. The summed E-state index contributed by atoms with van der Waals surface area (Å²) in [6, 6.07) is 15.3. The molecule has 2 aromatic carbocycles. The molecular formula is C37H41Cl2N7O3. The van der Waals surface area contributed by atoms with E-state index in [2.05, 4.69) is 27.1 Å². The summed E-state index contributed by atoms with van der Waals surface area (Å²) in [5, 5.41) is 3.84. The van der Waals surface area contributed by atoms with Gasteiger partial charge in [-0.3, -0.25) is 14.5 Å². The van der Waals surface area contributed by atoms with E-state index in [9.17, 15) is 9.59 Å². The standard InChI is InChI=1S/C37H41Cl2N7O3/c1-22(2)36(48)46-20-37(21-46)18-45(19-37)16-23-12-13-27(42-35(23)49-5)26-10-6-8-24(31(26)38)25-9-7-11-28(32(25)39)41-34(47)33-40-29-17-43(3)15-14-30(29)44(33)4/h6-13,22H,14-21H2,1-5H3,(H,41,47).